The van der Waals surface area contributed by atoms with Gasteiger partial charge >= 0.3 is 47.8 Å². The van der Waals surface area contributed by atoms with Crippen LogP contribution in [0.3, 0.4) is 0 Å². The van der Waals surface area contributed by atoms with Crippen molar-refractivity contribution in [1.29, 1.82) is 0 Å². The van der Waals surface area contributed by atoms with Gasteiger partial charge in [0.25, 0.3) is 0 Å². The number of hydrogen-bond donors (Lipinski definition) is 0. The van der Waals surface area contributed by atoms with E-state index < -0.39 is 47.1 Å². The Morgan fingerprint density at radius 1 is 0.446 bits per heavy atom. The third-order valence-electron chi connectivity index (χ3n) is 12.5. The van der Waals surface area contributed by atoms with Crippen LogP contribution in [-0.2, 0) is 63.7 Å². The van der Waals surface area contributed by atoms with E-state index in [9.17, 15) is 38.4 Å². The highest BCUT2D eigenvalue weighted by Gasteiger charge is 2.34. The molecule has 0 spiro atoms. The number of rotatable bonds is 28. The highest BCUT2D eigenvalue weighted by Crippen LogP contribution is 2.34. The first kappa shape index (κ1) is 57.6. The number of esters is 8. The van der Waals surface area contributed by atoms with E-state index in [2.05, 4.69) is 13.2 Å². The van der Waals surface area contributed by atoms with Crippen LogP contribution in [0.5, 0.6) is 28.7 Å². The van der Waals surface area contributed by atoms with Crippen LogP contribution in [0.4, 0.5) is 0 Å². The van der Waals surface area contributed by atoms with Crippen LogP contribution in [0.25, 0.3) is 0 Å². The molecule has 2 aliphatic carbocycles. The summed E-state index contributed by atoms with van der Waals surface area (Å²) in [7, 11) is 0. The van der Waals surface area contributed by atoms with E-state index in [4.69, 9.17) is 42.6 Å². The molecule has 2 aliphatic rings. The van der Waals surface area contributed by atoms with Gasteiger partial charge in [-0.15, -0.1) is 0 Å². The van der Waals surface area contributed by atoms with E-state index in [1.165, 1.54) is 0 Å². The van der Waals surface area contributed by atoms with Crippen molar-refractivity contribution in [2.24, 2.45) is 29.1 Å². The number of ether oxygens (including phenoxy) is 9. The molecular formula is C57H68O17. The third kappa shape index (κ3) is 20.7. The minimum Gasteiger partial charge on any atom is -0.494 e. The first-order chi connectivity index (χ1) is 35.6. The van der Waals surface area contributed by atoms with Gasteiger partial charge in [-0.25, -0.2) is 9.59 Å². The predicted molar refractivity (Wildman–Crippen MR) is 268 cm³/mol. The monoisotopic (exact) mass is 1020 g/mol. The third-order valence-corrected chi connectivity index (χ3v) is 12.5. The predicted octanol–water partition coefficient (Wildman–Crippen LogP) is 9.15. The van der Waals surface area contributed by atoms with Crippen LogP contribution in [0.1, 0.15) is 109 Å². The van der Waals surface area contributed by atoms with Gasteiger partial charge in [-0.3, -0.25) is 28.8 Å². The number of carbonyl (C=O) groups is 8. The van der Waals surface area contributed by atoms with Crippen LogP contribution in [-0.4, -0.2) is 80.8 Å². The molecule has 5 rings (SSSR count). The smallest absolute Gasteiger partial charge is 0.330 e. The van der Waals surface area contributed by atoms with Crippen molar-refractivity contribution in [2.45, 2.75) is 110 Å². The molecule has 3 aromatic rings. The van der Waals surface area contributed by atoms with Gasteiger partial charge in [-0.1, -0.05) is 39.1 Å². The van der Waals surface area contributed by atoms with Crippen LogP contribution in [0.15, 0.2) is 98.1 Å². The molecule has 0 radical (unpaired) electrons. The minimum atomic E-state index is -0.609. The molecule has 0 unspecified atom stereocenters. The summed E-state index contributed by atoms with van der Waals surface area (Å²) in [6, 6.07) is 20.0. The second-order valence-electron chi connectivity index (χ2n) is 19.1. The van der Waals surface area contributed by atoms with Crippen molar-refractivity contribution in [1.82, 2.24) is 0 Å². The van der Waals surface area contributed by atoms with Crippen LogP contribution < -0.4 is 23.7 Å². The molecule has 74 heavy (non-hydrogen) atoms. The van der Waals surface area contributed by atoms with Gasteiger partial charge in [0, 0.05) is 24.0 Å². The molecule has 0 saturated heterocycles. The Hall–Kier alpha value is -7.30. The lowest BCUT2D eigenvalue weighted by Crippen LogP contribution is -2.30. The molecular weight excluding hydrogens is 957 g/mol. The van der Waals surface area contributed by atoms with E-state index in [1.54, 1.807) is 86.6 Å². The molecule has 2 saturated carbocycles. The number of unbranched alkanes of at least 4 members (excludes halogenated alkanes) is 3. The topological polar surface area (TPSA) is 220 Å². The zero-order chi connectivity index (χ0) is 53.3. The normalized spacial score (nSPS) is 17.3. The van der Waals surface area contributed by atoms with E-state index in [0.29, 0.717) is 99.7 Å². The molecule has 398 valence electrons. The molecule has 0 aromatic heterocycles. The summed E-state index contributed by atoms with van der Waals surface area (Å²) in [6.07, 6.45) is 9.53. The van der Waals surface area contributed by atoms with Gasteiger partial charge in [-0.2, -0.15) is 0 Å². The summed E-state index contributed by atoms with van der Waals surface area (Å²) in [5.41, 5.74) is 0.235. The Morgan fingerprint density at radius 3 is 1.22 bits per heavy atom. The SMILES string of the molecule is C=CC(=O)OCCCCCCOc1ccc(OC(=O)C2CCC(C(=O)Oc3ccc(OC(=O)C4CCC(C(=O)Oc5ccc(CCOC(=O)CCC(=O)OCC(C)(C)COC(=O)C=C)cc5)CC4)cc3)CC2)cc1. The Morgan fingerprint density at radius 2 is 0.797 bits per heavy atom. The summed E-state index contributed by atoms with van der Waals surface area (Å²) in [6.45, 7) is 11.3. The lowest BCUT2D eigenvalue weighted by Gasteiger charge is -2.26. The zero-order valence-electron chi connectivity index (χ0n) is 42.4. The Balaban J connectivity index is 0.904. The van der Waals surface area contributed by atoms with Crippen molar-refractivity contribution in [3.8, 4) is 28.7 Å². The molecule has 0 heterocycles. The molecule has 0 amide bonds. The first-order valence-electron chi connectivity index (χ1n) is 25.3. The average Bonchev–Trinajstić information content (AvgIpc) is 3.41. The summed E-state index contributed by atoms with van der Waals surface area (Å²) in [5.74, 6) is -3.06. The van der Waals surface area contributed by atoms with E-state index in [1.807, 2.05) is 0 Å². The van der Waals surface area contributed by atoms with Crippen LogP contribution in [0, 0.1) is 29.1 Å². The van der Waals surface area contributed by atoms with E-state index >= 15 is 0 Å². The van der Waals surface area contributed by atoms with Gasteiger partial charge in [-0.05, 0) is 143 Å². The average molecular weight is 1030 g/mol. The Labute approximate surface area is 432 Å². The van der Waals surface area contributed by atoms with Crippen LogP contribution >= 0.6 is 0 Å². The zero-order valence-corrected chi connectivity index (χ0v) is 42.4. The second kappa shape index (κ2) is 30.0. The first-order valence-corrected chi connectivity index (χ1v) is 25.3. The molecule has 0 bridgehead atoms. The Bertz CT molecular complexity index is 2350. The molecule has 17 heteroatoms. The highest BCUT2D eigenvalue weighted by atomic mass is 16.6. The standard InChI is InChI=1S/C57H68O17/c1-5-49(58)67-35-10-8-7-9-34-66-44-23-25-46(26-24-44)72-54(63)41-17-19-43(20-18-41)56(65)74-48-29-27-47(28-30-48)73-55(64)42-15-13-40(14-16-42)53(62)71-45-21-11-39(12-22-45)33-36-68-51(60)31-32-52(61)70-38-57(3,4)37-69-50(59)6-2/h5-6,11-12,21-30,40-43H,1-2,7-10,13-20,31-38H2,3-4H3. The molecule has 0 N–H and O–H groups in total. The molecule has 0 atom stereocenters. The number of benzene rings is 3. The largest absolute Gasteiger partial charge is 0.494 e. The summed E-state index contributed by atoms with van der Waals surface area (Å²) in [5, 5.41) is 0. The summed E-state index contributed by atoms with van der Waals surface area (Å²) < 4.78 is 48.8. The number of hydrogen-bond acceptors (Lipinski definition) is 17. The van der Waals surface area contributed by atoms with E-state index in [0.717, 1.165) is 43.4 Å². The summed E-state index contributed by atoms with van der Waals surface area (Å²) in [4.78, 5) is 98.7. The molecule has 2 fully saturated rings. The van der Waals surface area contributed by atoms with Gasteiger partial charge < -0.3 is 42.6 Å². The van der Waals surface area contributed by atoms with Crippen molar-refractivity contribution < 1.29 is 81.0 Å². The van der Waals surface area contributed by atoms with Crippen molar-refractivity contribution >= 4 is 47.8 Å². The Kier molecular flexibility index (Phi) is 23.4. The minimum absolute atomic E-state index is 0.00711. The second-order valence-corrected chi connectivity index (χ2v) is 19.1. The quantitative estimate of drug-likeness (QED) is 0.0217. The van der Waals surface area contributed by atoms with Crippen molar-refractivity contribution in [3.05, 3.63) is 104 Å². The lowest BCUT2D eigenvalue weighted by atomic mass is 9.82. The maximum atomic E-state index is 13.1. The van der Waals surface area contributed by atoms with Crippen molar-refractivity contribution in [2.75, 3.05) is 33.0 Å². The highest BCUT2D eigenvalue weighted by molar-refractivity contribution is 5.82. The molecule has 3 aromatic carbocycles. The maximum absolute atomic E-state index is 13.1. The van der Waals surface area contributed by atoms with Gasteiger partial charge in [0.05, 0.1) is 69.5 Å². The summed E-state index contributed by atoms with van der Waals surface area (Å²) >= 11 is 0. The van der Waals surface area contributed by atoms with Gasteiger partial charge in [0.2, 0.25) is 0 Å². The lowest BCUT2D eigenvalue weighted by molar-refractivity contribution is -0.154. The van der Waals surface area contributed by atoms with Gasteiger partial charge in [0.15, 0.2) is 0 Å². The van der Waals surface area contributed by atoms with Gasteiger partial charge in [0.1, 0.15) is 28.7 Å². The molecule has 0 aliphatic heterocycles. The fourth-order valence-electron chi connectivity index (χ4n) is 8.08. The maximum Gasteiger partial charge on any atom is 0.330 e. The van der Waals surface area contributed by atoms with Crippen molar-refractivity contribution in [3.63, 3.8) is 0 Å². The fourth-order valence-corrected chi connectivity index (χ4v) is 8.08. The van der Waals surface area contributed by atoms with E-state index in [-0.39, 0.29) is 62.4 Å². The number of carbonyl (C=O) groups excluding carboxylic acids is 8. The molecule has 17 nitrogen and oxygen atoms in total. The van der Waals surface area contributed by atoms with Crippen LogP contribution in [0.2, 0.25) is 0 Å². The fraction of sp³-hybridized carbons (Fsp3) is 0.474.